The summed E-state index contributed by atoms with van der Waals surface area (Å²) in [7, 11) is 2.09. The molecule has 1 N–H and O–H groups in total. The van der Waals surface area contributed by atoms with Crippen molar-refractivity contribution in [3.63, 3.8) is 0 Å². The Kier molecular flexibility index (Phi) is 4.57. The van der Waals surface area contributed by atoms with E-state index >= 15 is 0 Å². The summed E-state index contributed by atoms with van der Waals surface area (Å²) in [4.78, 5) is 2.63. The van der Waals surface area contributed by atoms with E-state index in [1.165, 1.54) is 37.9 Å². The monoisotopic (exact) mass is 232 g/mol. The lowest BCUT2D eigenvalue weighted by molar-refractivity contribution is 0.133. The number of nitrogens with zero attached hydrogens (tertiary/aromatic N) is 1. The van der Waals surface area contributed by atoms with Crippen molar-refractivity contribution in [2.24, 2.45) is 0 Å². The second-order valence-corrected chi connectivity index (χ2v) is 4.98. The highest BCUT2D eigenvalue weighted by molar-refractivity contribution is 5.16. The fourth-order valence-electron chi connectivity index (χ4n) is 2.88. The molecule has 0 spiro atoms. The number of piperidine rings is 1. The third-order valence-corrected chi connectivity index (χ3v) is 3.97. The van der Waals surface area contributed by atoms with Gasteiger partial charge in [-0.05, 0) is 45.0 Å². The molecule has 1 aromatic rings. The molecule has 1 aliphatic heterocycles. The molecule has 17 heavy (non-hydrogen) atoms. The van der Waals surface area contributed by atoms with Crippen molar-refractivity contribution < 1.29 is 0 Å². The average molecular weight is 232 g/mol. The zero-order valence-electron chi connectivity index (χ0n) is 11.0. The normalized spacial score (nSPS) is 26.0. The lowest BCUT2D eigenvalue weighted by atomic mass is 9.92. The Morgan fingerprint density at radius 1 is 1.29 bits per heavy atom. The molecule has 1 heterocycles. The van der Waals surface area contributed by atoms with E-state index in [9.17, 15) is 0 Å². The number of likely N-dealkylation sites (tertiary alicyclic amines) is 1. The van der Waals surface area contributed by atoms with Crippen LogP contribution in [0.2, 0.25) is 0 Å². The maximum Gasteiger partial charge on any atom is 0.0150 e. The van der Waals surface area contributed by atoms with Gasteiger partial charge in [0.05, 0.1) is 0 Å². The first-order chi connectivity index (χ1) is 8.33. The standard InChI is InChI=1S/C15H24N2/c1-3-17-10-9-14(16-2)12-15(17)11-13-7-5-4-6-8-13/h4-8,14-16H,3,9-12H2,1-2H3. The minimum absolute atomic E-state index is 0.700. The zero-order valence-corrected chi connectivity index (χ0v) is 11.0. The average Bonchev–Trinajstić information content (AvgIpc) is 2.40. The Bertz CT molecular complexity index is 323. The number of rotatable bonds is 4. The summed E-state index contributed by atoms with van der Waals surface area (Å²) in [6.07, 6.45) is 3.75. The molecule has 1 aromatic carbocycles. The predicted octanol–water partition coefficient (Wildman–Crippen LogP) is 2.30. The lowest BCUT2D eigenvalue weighted by Crippen LogP contribution is -2.48. The van der Waals surface area contributed by atoms with Crippen LogP contribution < -0.4 is 5.32 Å². The van der Waals surface area contributed by atoms with Crippen LogP contribution in [0.1, 0.15) is 25.3 Å². The minimum Gasteiger partial charge on any atom is -0.317 e. The van der Waals surface area contributed by atoms with Gasteiger partial charge in [0.15, 0.2) is 0 Å². The molecule has 2 atom stereocenters. The highest BCUT2D eigenvalue weighted by atomic mass is 15.2. The van der Waals surface area contributed by atoms with Gasteiger partial charge in [0, 0.05) is 12.1 Å². The number of benzene rings is 1. The minimum atomic E-state index is 0.700. The summed E-state index contributed by atoms with van der Waals surface area (Å²) in [6, 6.07) is 12.3. The van der Waals surface area contributed by atoms with Crippen LogP contribution in [-0.2, 0) is 6.42 Å². The molecule has 1 saturated heterocycles. The number of hydrogen-bond donors (Lipinski definition) is 1. The van der Waals surface area contributed by atoms with E-state index in [4.69, 9.17) is 0 Å². The van der Waals surface area contributed by atoms with Gasteiger partial charge in [-0.1, -0.05) is 37.3 Å². The molecule has 0 saturated carbocycles. The fourth-order valence-corrected chi connectivity index (χ4v) is 2.88. The zero-order chi connectivity index (χ0) is 12.1. The highest BCUT2D eigenvalue weighted by Gasteiger charge is 2.26. The molecule has 2 heteroatoms. The summed E-state index contributed by atoms with van der Waals surface area (Å²) in [5, 5.41) is 3.44. The van der Waals surface area contributed by atoms with Gasteiger partial charge in [0.25, 0.3) is 0 Å². The smallest absolute Gasteiger partial charge is 0.0150 e. The molecule has 94 valence electrons. The van der Waals surface area contributed by atoms with E-state index in [0.717, 1.165) is 0 Å². The summed E-state index contributed by atoms with van der Waals surface area (Å²) in [6.45, 7) is 4.69. The van der Waals surface area contributed by atoms with E-state index in [1.807, 2.05) is 0 Å². The summed E-state index contributed by atoms with van der Waals surface area (Å²) in [5.74, 6) is 0. The molecular weight excluding hydrogens is 208 g/mol. The first kappa shape index (κ1) is 12.6. The largest absolute Gasteiger partial charge is 0.317 e. The quantitative estimate of drug-likeness (QED) is 0.857. The van der Waals surface area contributed by atoms with Crippen LogP contribution in [0, 0.1) is 0 Å². The topological polar surface area (TPSA) is 15.3 Å². The van der Waals surface area contributed by atoms with Crippen LogP contribution in [0.3, 0.4) is 0 Å². The van der Waals surface area contributed by atoms with Crippen LogP contribution in [-0.4, -0.2) is 37.1 Å². The van der Waals surface area contributed by atoms with Crippen molar-refractivity contribution >= 4 is 0 Å². The summed E-state index contributed by atoms with van der Waals surface area (Å²) >= 11 is 0. The summed E-state index contributed by atoms with van der Waals surface area (Å²) < 4.78 is 0. The number of hydrogen-bond acceptors (Lipinski definition) is 2. The van der Waals surface area contributed by atoms with Crippen LogP contribution in [0.4, 0.5) is 0 Å². The summed E-state index contributed by atoms with van der Waals surface area (Å²) in [5.41, 5.74) is 1.47. The Morgan fingerprint density at radius 3 is 2.71 bits per heavy atom. The molecule has 1 aliphatic rings. The van der Waals surface area contributed by atoms with Crippen molar-refractivity contribution in [3.05, 3.63) is 35.9 Å². The molecule has 2 unspecified atom stereocenters. The fraction of sp³-hybridized carbons (Fsp3) is 0.600. The molecule has 2 rings (SSSR count). The van der Waals surface area contributed by atoms with E-state index in [2.05, 4.69) is 54.5 Å². The van der Waals surface area contributed by atoms with Crippen molar-refractivity contribution in [1.29, 1.82) is 0 Å². The van der Waals surface area contributed by atoms with Crippen LogP contribution in [0.15, 0.2) is 30.3 Å². The second kappa shape index (κ2) is 6.18. The van der Waals surface area contributed by atoms with Gasteiger partial charge in [-0.15, -0.1) is 0 Å². The Hall–Kier alpha value is -0.860. The SMILES string of the molecule is CCN1CCC(NC)CC1Cc1ccccc1. The maximum atomic E-state index is 3.44. The maximum absolute atomic E-state index is 3.44. The lowest BCUT2D eigenvalue weighted by Gasteiger charge is -2.39. The van der Waals surface area contributed by atoms with Gasteiger partial charge in [-0.3, -0.25) is 0 Å². The van der Waals surface area contributed by atoms with E-state index < -0.39 is 0 Å². The molecule has 0 aromatic heterocycles. The molecular formula is C15H24N2. The van der Waals surface area contributed by atoms with Gasteiger partial charge in [-0.25, -0.2) is 0 Å². The van der Waals surface area contributed by atoms with E-state index in [1.54, 1.807) is 0 Å². The van der Waals surface area contributed by atoms with Crippen molar-refractivity contribution in [2.45, 2.75) is 38.3 Å². The molecule has 1 fully saturated rings. The van der Waals surface area contributed by atoms with Crippen molar-refractivity contribution in [1.82, 2.24) is 10.2 Å². The van der Waals surface area contributed by atoms with E-state index in [-0.39, 0.29) is 0 Å². The number of likely N-dealkylation sites (N-methyl/N-ethyl adjacent to an activating group) is 1. The van der Waals surface area contributed by atoms with Gasteiger partial charge in [0.1, 0.15) is 0 Å². The van der Waals surface area contributed by atoms with Gasteiger partial charge in [-0.2, -0.15) is 0 Å². The van der Waals surface area contributed by atoms with Crippen LogP contribution in [0.25, 0.3) is 0 Å². The molecule has 0 bridgehead atoms. The molecule has 0 aliphatic carbocycles. The highest BCUT2D eigenvalue weighted by Crippen LogP contribution is 2.20. The van der Waals surface area contributed by atoms with Gasteiger partial charge >= 0.3 is 0 Å². The van der Waals surface area contributed by atoms with Crippen molar-refractivity contribution in [2.75, 3.05) is 20.1 Å². The molecule has 0 amide bonds. The molecule has 2 nitrogen and oxygen atoms in total. The Balaban J connectivity index is 2.00. The van der Waals surface area contributed by atoms with E-state index in [0.29, 0.717) is 12.1 Å². The van der Waals surface area contributed by atoms with Crippen LogP contribution >= 0.6 is 0 Å². The third kappa shape index (κ3) is 3.30. The number of nitrogens with one attached hydrogen (secondary N) is 1. The Morgan fingerprint density at radius 2 is 2.06 bits per heavy atom. The second-order valence-electron chi connectivity index (χ2n) is 4.98. The molecule has 0 radical (unpaired) electrons. The Labute approximate surface area is 105 Å². The first-order valence-electron chi connectivity index (χ1n) is 6.78. The third-order valence-electron chi connectivity index (χ3n) is 3.97. The van der Waals surface area contributed by atoms with Gasteiger partial charge in [0.2, 0.25) is 0 Å². The van der Waals surface area contributed by atoms with Gasteiger partial charge < -0.3 is 10.2 Å². The van der Waals surface area contributed by atoms with Crippen LogP contribution in [0.5, 0.6) is 0 Å². The predicted molar refractivity (Wildman–Crippen MR) is 73.3 cm³/mol. The first-order valence-corrected chi connectivity index (χ1v) is 6.78. The van der Waals surface area contributed by atoms with Crippen molar-refractivity contribution in [3.8, 4) is 0 Å².